The van der Waals surface area contributed by atoms with E-state index in [9.17, 15) is 23.1 Å². The maximum absolute atomic E-state index is 13.7. The summed E-state index contributed by atoms with van der Waals surface area (Å²) in [4.78, 5) is 32.2. The monoisotopic (exact) mass is 582 g/mol. The number of methoxy groups -OCH3 is 1. The normalized spacial score (nSPS) is 18.1. The summed E-state index contributed by atoms with van der Waals surface area (Å²) < 4.78 is 39.6. The Bertz CT molecular complexity index is 1480. The highest BCUT2D eigenvalue weighted by molar-refractivity contribution is 7.89. The summed E-state index contributed by atoms with van der Waals surface area (Å²) in [5, 5.41) is 12.7. The zero-order valence-electron chi connectivity index (χ0n) is 23.4. The molecule has 4 rings (SSSR count). The number of aliphatic hydroxyl groups excluding tert-OH is 1. The van der Waals surface area contributed by atoms with Gasteiger partial charge in [-0.05, 0) is 55.5 Å². The number of carbonyl (C=O) groups excluding carboxylic acids is 2. The number of hydrogen-bond acceptors (Lipinski definition) is 8. The minimum absolute atomic E-state index is 0.0445. The van der Waals surface area contributed by atoms with Crippen LogP contribution in [0.2, 0.25) is 0 Å². The van der Waals surface area contributed by atoms with Crippen LogP contribution < -0.4 is 14.8 Å². The van der Waals surface area contributed by atoms with Gasteiger partial charge < -0.3 is 24.8 Å². The molecule has 0 bridgehead atoms. The summed E-state index contributed by atoms with van der Waals surface area (Å²) in [6, 6.07) is 13.5. The predicted molar refractivity (Wildman–Crippen MR) is 153 cm³/mol. The first-order valence-electron chi connectivity index (χ1n) is 13.1. The van der Waals surface area contributed by atoms with Crippen LogP contribution in [0.4, 0.5) is 5.69 Å². The van der Waals surface area contributed by atoms with Gasteiger partial charge in [0.05, 0.1) is 42.4 Å². The summed E-state index contributed by atoms with van der Waals surface area (Å²) in [6.45, 7) is 3.50. The van der Waals surface area contributed by atoms with Crippen molar-refractivity contribution in [3.8, 4) is 11.5 Å². The van der Waals surface area contributed by atoms with E-state index in [1.54, 1.807) is 54.3 Å². The van der Waals surface area contributed by atoms with Crippen molar-refractivity contribution in [1.29, 1.82) is 0 Å². The third-order valence-corrected chi connectivity index (χ3v) is 8.92. The lowest BCUT2D eigenvalue weighted by molar-refractivity contribution is 0.0388. The standard InChI is InChI=1S/C29H34N4O7S/c1-19-16-33(20(2)18-34)29(36)24-6-5-7-25(31-28(35)21-12-14-30-15-13-21)27(24)40-26(19)17-32(3)41(37,38)23-10-8-22(39-4)9-11-23/h5-15,19-20,26,34H,16-18H2,1-4H3,(H,31,35)/t19-,20+,26+/m0/s1. The van der Waals surface area contributed by atoms with E-state index in [1.807, 2.05) is 6.92 Å². The second-order valence-electron chi connectivity index (χ2n) is 9.96. The Morgan fingerprint density at radius 3 is 2.51 bits per heavy atom. The van der Waals surface area contributed by atoms with Gasteiger partial charge in [-0.15, -0.1) is 0 Å². The number of amides is 2. The van der Waals surface area contributed by atoms with Crippen molar-refractivity contribution in [3.05, 3.63) is 78.1 Å². The van der Waals surface area contributed by atoms with Gasteiger partial charge in [0.2, 0.25) is 10.0 Å². The maximum atomic E-state index is 13.7. The number of nitrogens with zero attached hydrogens (tertiary/aromatic N) is 3. The van der Waals surface area contributed by atoms with Crippen LogP contribution in [0.25, 0.3) is 0 Å². The molecule has 12 heteroatoms. The van der Waals surface area contributed by atoms with E-state index in [1.165, 1.54) is 43.0 Å². The number of fused-ring (bicyclic) bond motifs is 1. The molecule has 218 valence electrons. The molecule has 0 saturated carbocycles. The Kier molecular flexibility index (Phi) is 9.26. The summed E-state index contributed by atoms with van der Waals surface area (Å²) in [6.07, 6.45) is 2.28. The molecule has 0 radical (unpaired) electrons. The van der Waals surface area contributed by atoms with E-state index in [0.29, 0.717) is 11.3 Å². The Labute approximate surface area is 239 Å². The number of rotatable bonds is 9. The minimum atomic E-state index is -3.89. The Morgan fingerprint density at radius 1 is 1.20 bits per heavy atom. The van der Waals surface area contributed by atoms with Crippen LogP contribution in [0.15, 0.2) is 71.9 Å². The molecule has 0 fully saturated rings. The van der Waals surface area contributed by atoms with Crippen LogP contribution in [0, 0.1) is 5.92 Å². The molecule has 1 aliphatic rings. The smallest absolute Gasteiger partial charge is 0.258 e. The van der Waals surface area contributed by atoms with Crippen molar-refractivity contribution in [3.63, 3.8) is 0 Å². The molecular formula is C29H34N4O7S. The molecule has 2 heterocycles. The SMILES string of the molecule is COc1ccc(S(=O)(=O)N(C)C[C@H]2Oc3c(NC(=O)c4ccncc4)cccc3C(=O)N([C@H](C)CO)C[C@@H]2C)cc1. The van der Waals surface area contributed by atoms with Gasteiger partial charge in [0.1, 0.15) is 11.9 Å². The van der Waals surface area contributed by atoms with Crippen molar-refractivity contribution < 1.29 is 32.6 Å². The van der Waals surface area contributed by atoms with Gasteiger partial charge in [0.25, 0.3) is 11.8 Å². The Hall–Kier alpha value is -4.00. The highest BCUT2D eigenvalue weighted by Gasteiger charge is 2.36. The summed E-state index contributed by atoms with van der Waals surface area (Å²) in [5.41, 5.74) is 0.810. The first-order valence-corrected chi connectivity index (χ1v) is 14.5. The minimum Gasteiger partial charge on any atom is -0.497 e. The van der Waals surface area contributed by atoms with Crippen molar-refractivity contribution >= 4 is 27.5 Å². The largest absolute Gasteiger partial charge is 0.497 e. The number of anilines is 1. The second-order valence-corrected chi connectivity index (χ2v) is 12.0. The number of nitrogens with one attached hydrogen (secondary N) is 1. The lowest BCUT2D eigenvalue weighted by Gasteiger charge is -2.38. The van der Waals surface area contributed by atoms with Gasteiger partial charge in [-0.2, -0.15) is 4.31 Å². The molecule has 41 heavy (non-hydrogen) atoms. The van der Waals surface area contributed by atoms with E-state index in [4.69, 9.17) is 9.47 Å². The molecule has 2 aromatic carbocycles. The van der Waals surface area contributed by atoms with Gasteiger partial charge in [-0.3, -0.25) is 14.6 Å². The number of pyridine rings is 1. The first-order chi connectivity index (χ1) is 19.6. The molecule has 0 aliphatic carbocycles. The third-order valence-electron chi connectivity index (χ3n) is 7.09. The van der Waals surface area contributed by atoms with Crippen molar-refractivity contribution in [2.75, 3.05) is 39.2 Å². The van der Waals surface area contributed by atoms with E-state index in [-0.39, 0.29) is 53.4 Å². The van der Waals surface area contributed by atoms with E-state index >= 15 is 0 Å². The van der Waals surface area contributed by atoms with Gasteiger partial charge in [-0.25, -0.2) is 8.42 Å². The molecule has 11 nitrogen and oxygen atoms in total. The van der Waals surface area contributed by atoms with Crippen LogP contribution in [0.5, 0.6) is 11.5 Å². The van der Waals surface area contributed by atoms with E-state index in [0.717, 1.165) is 0 Å². The highest BCUT2D eigenvalue weighted by Crippen LogP contribution is 2.35. The van der Waals surface area contributed by atoms with Crippen LogP contribution in [-0.4, -0.2) is 85.5 Å². The summed E-state index contributed by atoms with van der Waals surface area (Å²) >= 11 is 0. The van der Waals surface area contributed by atoms with Crippen LogP contribution in [0.3, 0.4) is 0 Å². The van der Waals surface area contributed by atoms with Crippen LogP contribution >= 0.6 is 0 Å². The molecule has 3 atom stereocenters. The number of hydrogen-bond donors (Lipinski definition) is 2. The quantitative estimate of drug-likeness (QED) is 0.393. The van der Waals surface area contributed by atoms with Gasteiger partial charge >= 0.3 is 0 Å². The number of sulfonamides is 1. The van der Waals surface area contributed by atoms with Crippen molar-refractivity contribution in [2.45, 2.75) is 30.9 Å². The Balaban J connectivity index is 1.71. The summed E-state index contributed by atoms with van der Waals surface area (Å²) in [5.74, 6) is -0.487. The molecule has 1 aromatic heterocycles. The molecule has 3 aromatic rings. The van der Waals surface area contributed by atoms with Crippen molar-refractivity contribution in [1.82, 2.24) is 14.2 Å². The number of aliphatic hydroxyl groups is 1. The van der Waals surface area contributed by atoms with Gasteiger partial charge in [0.15, 0.2) is 5.75 Å². The van der Waals surface area contributed by atoms with E-state index in [2.05, 4.69) is 10.3 Å². The number of likely N-dealkylation sites (N-methyl/N-ethyl adjacent to an activating group) is 1. The van der Waals surface area contributed by atoms with Crippen molar-refractivity contribution in [2.24, 2.45) is 5.92 Å². The number of para-hydroxylation sites is 1. The second kappa shape index (κ2) is 12.7. The molecule has 0 saturated heterocycles. The number of ether oxygens (including phenoxy) is 2. The first kappa shape index (κ1) is 30.0. The maximum Gasteiger partial charge on any atom is 0.258 e. The topological polar surface area (TPSA) is 138 Å². The fourth-order valence-electron chi connectivity index (χ4n) is 4.54. The third kappa shape index (κ3) is 6.50. The molecule has 0 unspecified atom stereocenters. The zero-order chi connectivity index (χ0) is 29.7. The number of aromatic nitrogens is 1. The number of carbonyl (C=O) groups is 2. The molecule has 2 amide bonds. The molecule has 0 spiro atoms. The average molecular weight is 583 g/mol. The highest BCUT2D eigenvalue weighted by atomic mass is 32.2. The fourth-order valence-corrected chi connectivity index (χ4v) is 5.72. The van der Waals surface area contributed by atoms with Gasteiger partial charge in [0, 0.05) is 37.5 Å². The summed E-state index contributed by atoms with van der Waals surface area (Å²) in [7, 11) is -0.930. The lowest BCUT2D eigenvalue weighted by Crippen LogP contribution is -2.50. The van der Waals surface area contributed by atoms with Gasteiger partial charge in [-0.1, -0.05) is 13.0 Å². The van der Waals surface area contributed by atoms with E-state index < -0.39 is 28.1 Å². The lowest BCUT2D eigenvalue weighted by atomic mass is 9.99. The predicted octanol–water partition coefficient (Wildman–Crippen LogP) is 2.88. The number of benzene rings is 2. The molecule has 2 N–H and O–H groups in total. The van der Waals surface area contributed by atoms with Crippen LogP contribution in [-0.2, 0) is 10.0 Å². The molecule has 1 aliphatic heterocycles. The van der Waals surface area contributed by atoms with Crippen LogP contribution in [0.1, 0.15) is 34.6 Å². The fraction of sp³-hybridized carbons (Fsp3) is 0.345. The Morgan fingerprint density at radius 2 is 1.88 bits per heavy atom. The average Bonchev–Trinajstić information content (AvgIpc) is 2.99. The molecular weight excluding hydrogens is 548 g/mol. The zero-order valence-corrected chi connectivity index (χ0v) is 24.2.